The molecule has 3 rings (SSSR count). The van der Waals surface area contributed by atoms with Crippen molar-refractivity contribution in [2.45, 2.75) is 30.8 Å². The molecule has 1 saturated heterocycles. The molecule has 2 nitrogen and oxygen atoms in total. The molecule has 1 aromatic rings. The molecule has 1 aromatic carbocycles. The third kappa shape index (κ3) is 1.92. The molecule has 0 spiro atoms. The lowest BCUT2D eigenvalue weighted by molar-refractivity contribution is 0.00841. The Balaban J connectivity index is 1.69. The highest BCUT2D eigenvalue weighted by Crippen LogP contribution is 2.38. The minimum atomic E-state index is -0.374. The Morgan fingerprint density at radius 1 is 1.20 bits per heavy atom. The van der Waals surface area contributed by atoms with Crippen LogP contribution in [0.15, 0.2) is 24.3 Å². The number of ether oxygens (including phenoxy) is 1. The first-order valence-electron chi connectivity index (χ1n) is 5.64. The van der Waals surface area contributed by atoms with E-state index < -0.39 is 0 Å². The Morgan fingerprint density at radius 2 is 1.87 bits per heavy atom. The standard InChI is InChI=1S/C13H16O2/c14-13(5-6-13)7-10-1-3-11(4-2-10)12-8-15-9-12/h1-4,12,14H,5-9H2. The zero-order valence-corrected chi connectivity index (χ0v) is 8.78. The summed E-state index contributed by atoms with van der Waals surface area (Å²) in [6.45, 7) is 1.73. The lowest BCUT2D eigenvalue weighted by Crippen LogP contribution is -2.25. The van der Waals surface area contributed by atoms with Gasteiger partial charge in [0.05, 0.1) is 18.8 Å². The largest absolute Gasteiger partial charge is 0.390 e. The molecule has 0 aromatic heterocycles. The van der Waals surface area contributed by atoms with Crippen molar-refractivity contribution in [2.24, 2.45) is 0 Å². The van der Waals surface area contributed by atoms with E-state index in [-0.39, 0.29) is 5.60 Å². The van der Waals surface area contributed by atoms with Crippen LogP contribution in [0.1, 0.15) is 29.9 Å². The molecule has 1 N–H and O–H groups in total. The molecule has 0 bridgehead atoms. The molecule has 0 atom stereocenters. The van der Waals surface area contributed by atoms with Gasteiger partial charge < -0.3 is 9.84 Å². The van der Waals surface area contributed by atoms with Crippen LogP contribution < -0.4 is 0 Å². The number of aliphatic hydroxyl groups is 1. The fraction of sp³-hybridized carbons (Fsp3) is 0.538. The first kappa shape index (κ1) is 9.37. The van der Waals surface area contributed by atoms with Crippen LogP contribution in [0.3, 0.4) is 0 Å². The molecule has 1 aliphatic heterocycles. The fourth-order valence-electron chi connectivity index (χ4n) is 2.04. The summed E-state index contributed by atoms with van der Waals surface area (Å²) < 4.78 is 5.17. The van der Waals surface area contributed by atoms with Gasteiger partial charge in [0.1, 0.15) is 0 Å². The molecular formula is C13H16O2. The van der Waals surface area contributed by atoms with Gasteiger partial charge in [-0.1, -0.05) is 24.3 Å². The lowest BCUT2D eigenvalue weighted by atomic mass is 9.95. The van der Waals surface area contributed by atoms with E-state index in [9.17, 15) is 5.11 Å². The molecule has 0 radical (unpaired) electrons. The van der Waals surface area contributed by atoms with Gasteiger partial charge in [-0.25, -0.2) is 0 Å². The van der Waals surface area contributed by atoms with E-state index in [0.29, 0.717) is 5.92 Å². The second-order valence-corrected chi connectivity index (χ2v) is 4.88. The zero-order valence-electron chi connectivity index (χ0n) is 8.78. The summed E-state index contributed by atoms with van der Waals surface area (Å²) in [5, 5.41) is 9.80. The number of hydrogen-bond acceptors (Lipinski definition) is 2. The van der Waals surface area contributed by atoms with Gasteiger partial charge >= 0.3 is 0 Å². The van der Waals surface area contributed by atoms with Crippen LogP contribution in [0.2, 0.25) is 0 Å². The van der Waals surface area contributed by atoms with Crippen molar-refractivity contribution < 1.29 is 9.84 Å². The monoisotopic (exact) mass is 204 g/mol. The Labute approximate surface area is 89.9 Å². The zero-order chi connectivity index (χ0) is 10.3. The minimum Gasteiger partial charge on any atom is -0.390 e. The van der Waals surface area contributed by atoms with Crippen LogP contribution in [0.5, 0.6) is 0 Å². The van der Waals surface area contributed by atoms with Gasteiger partial charge in [-0.15, -0.1) is 0 Å². The summed E-state index contributed by atoms with van der Waals surface area (Å²) in [5.41, 5.74) is 2.24. The maximum absolute atomic E-state index is 9.80. The Morgan fingerprint density at radius 3 is 2.33 bits per heavy atom. The molecule has 1 saturated carbocycles. The number of benzene rings is 1. The quantitative estimate of drug-likeness (QED) is 0.814. The van der Waals surface area contributed by atoms with Crippen molar-refractivity contribution >= 4 is 0 Å². The molecular weight excluding hydrogens is 188 g/mol. The summed E-state index contributed by atoms with van der Waals surface area (Å²) in [6, 6.07) is 8.64. The highest BCUT2D eigenvalue weighted by atomic mass is 16.5. The number of hydrogen-bond donors (Lipinski definition) is 1. The highest BCUT2D eigenvalue weighted by Gasteiger charge is 2.40. The van der Waals surface area contributed by atoms with Crippen molar-refractivity contribution in [3.8, 4) is 0 Å². The topological polar surface area (TPSA) is 29.5 Å². The summed E-state index contributed by atoms with van der Waals surface area (Å²) in [4.78, 5) is 0. The summed E-state index contributed by atoms with van der Waals surface area (Å²) in [7, 11) is 0. The molecule has 1 aliphatic carbocycles. The van der Waals surface area contributed by atoms with Gasteiger partial charge in [0, 0.05) is 12.3 Å². The van der Waals surface area contributed by atoms with Crippen molar-refractivity contribution in [3.05, 3.63) is 35.4 Å². The van der Waals surface area contributed by atoms with E-state index in [2.05, 4.69) is 24.3 Å². The highest BCUT2D eigenvalue weighted by molar-refractivity contribution is 5.28. The van der Waals surface area contributed by atoms with Crippen molar-refractivity contribution in [2.75, 3.05) is 13.2 Å². The Bertz CT molecular complexity index is 347. The molecule has 1 heterocycles. The second-order valence-electron chi connectivity index (χ2n) is 4.88. The third-order valence-electron chi connectivity index (χ3n) is 3.45. The predicted molar refractivity (Wildman–Crippen MR) is 57.9 cm³/mol. The predicted octanol–water partition coefficient (Wildman–Crippen LogP) is 1.87. The van der Waals surface area contributed by atoms with Gasteiger partial charge in [-0.3, -0.25) is 0 Å². The van der Waals surface area contributed by atoms with Gasteiger partial charge in [0.2, 0.25) is 0 Å². The van der Waals surface area contributed by atoms with E-state index in [1.54, 1.807) is 0 Å². The van der Waals surface area contributed by atoms with E-state index in [4.69, 9.17) is 4.74 Å². The maximum Gasteiger partial charge on any atom is 0.0690 e. The van der Waals surface area contributed by atoms with E-state index in [0.717, 1.165) is 32.5 Å². The van der Waals surface area contributed by atoms with Crippen LogP contribution >= 0.6 is 0 Å². The molecule has 2 aliphatic rings. The molecule has 0 amide bonds. The summed E-state index contributed by atoms with van der Waals surface area (Å²) in [5.74, 6) is 0.600. The van der Waals surface area contributed by atoms with Gasteiger partial charge in [0.15, 0.2) is 0 Å². The van der Waals surface area contributed by atoms with Crippen LogP contribution in [0, 0.1) is 0 Å². The Kier molecular flexibility index (Phi) is 2.08. The first-order chi connectivity index (χ1) is 7.25. The van der Waals surface area contributed by atoms with E-state index in [1.807, 2.05) is 0 Å². The van der Waals surface area contributed by atoms with E-state index in [1.165, 1.54) is 11.1 Å². The van der Waals surface area contributed by atoms with Gasteiger partial charge in [-0.2, -0.15) is 0 Å². The number of rotatable bonds is 3. The van der Waals surface area contributed by atoms with Gasteiger partial charge in [-0.05, 0) is 24.0 Å². The third-order valence-corrected chi connectivity index (χ3v) is 3.45. The summed E-state index contributed by atoms with van der Waals surface area (Å²) in [6.07, 6.45) is 2.74. The average Bonchev–Trinajstić information content (AvgIpc) is 2.84. The second kappa shape index (κ2) is 3.32. The van der Waals surface area contributed by atoms with Crippen LogP contribution in [-0.2, 0) is 11.2 Å². The van der Waals surface area contributed by atoms with Crippen LogP contribution in [0.25, 0.3) is 0 Å². The van der Waals surface area contributed by atoms with Crippen LogP contribution in [0.4, 0.5) is 0 Å². The van der Waals surface area contributed by atoms with Crippen LogP contribution in [-0.4, -0.2) is 23.9 Å². The Hall–Kier alpha value is -0.860. The molecule has 0 unspecified atom stereocenters. The van der Waals surface area contributed by atoms with Gasteiger partial charge in [0.25, 0.3) is 0 Å². The summed E-state index contributed by atoms with van der Waals surface area (Å²) >= 11 is 0. The smallest absolute Gasteiger partial charge is 0.0690 e. The first-order valence-corrected chi connectivity index (χ1v) is 5.64. The molecule has 2 fully saturated rings. The fourth-order valence-corrected chi connectivity index (χ4v) is 2.04. The van der Waals surface area contributed by atoms with Crippen molar-refractivity contribution in [1.82, 2.24) is 0 Å². The van der Waals surface area contributed by atoms with E-state index >= 15 is 0 Å². The maximum atomic E-state index is 9.80. The van der Waals surface area contributed by atoms with Crippen molar-refractivity contribution in [1.29, 1.82) is 0 Å². The molecule has 15 heavy (non-hydrogen) atoms. The SMILES string of the molecule is OC1(Cc2ccc(C3COC3)cc2)CC1. The lowest BCUT2D eigenvalue weighted by Gasteiger charge is -2.26. The normalized spacial score (nSPS) is 23.5. The average molecular weight is 204 g/mol. The van der Waals surface area contributed by atoms with Crippen molar-refractivity contribution in [3.63, 3.8) is 0 Å². The molecule has 2 heteroatoms. The molecule has 80 valence electrons. The minimum absolute atomic E-state index is 0.374.